The Kier molecular flexibility index (Phi) is 4.55. The van der Waals surface area contributed by atoms with Gasteiger partial charge in [-0.25, -0.2) is 4.39 Å². The number of amides is 1. The number of pyridine rings is 1. The number of carbonyl (C=O) groups is 2. The first kappa shape index (κ1) is 16.1. The van der Waals surface area contributed by atoms with E-state index in [0.29, 0.717) is 12.1 Å². The van der Waals surface area contributed by atoms with Crippen molar-refractivity contribution in [2.45, 2.75) is 5.92 Å². The molecular formula is C18H17FN2O3. The van der Waals surface area contributed by atoms with Crippen molar-refractivity contribution in [1.29, 1.82) is 0 Å². The van der Waals surface area contributed by atoms with E-state index < -0.39 is 5.92 Å². The van der Waals surface area contributed by atoms with Crippen LogP contribution in [0.25, 0.3) is 0 Å². The molecule has 3 rings (SSSR count). The third-order valence-electron chi connectivity index (χ3n) is 4.32. The van der Waals surface area contributed by atoms with Crippen LogP contribution in [0.3, 0.4) is 0 Å². The molecule has 1 aromatic heterocycles. The van der Waals surface area contributed by atoms with Crippen LogP contribution >= 0.6 is 0 Å². The van der Waals surface area contributed by atoms with E-state index in [4.69, 9.17) is 4.74 Å². The van der Waals surface area contributed by atoms with Gasteiger partial charge in [-0.1, -0.05) is 12.1 Å². The lowest BCUT2D eigenvalue weighted by atomic mass is 9.89. The average molecular weight is 328 g/mol. The van der Waals surface area contributed by atoms with Gasteiger partial charge in [-0.3, -0.25) is 14.6 Å². The number of rotatable bonds is 3. The van der Waals surface area contributed by atoms with E-state index in [1.165, 1.54) is 25.4 Å². The number of esters is 1. The Hall–Kier alpha value is -2.76. The Morgan fingerprint density at radius 1 is 1.21 bits per heavy atom. The lowest BCUT2D eigenvalue weighted by Crippen LogP contribution is -2.30. The van der Waals surface area contributed by atoms with Gasteiger partial charge in [0.05, 0.1) is 18.6 Å². The first-order chi connectivity index (χ1) is 11.6. The smallest absolute Gasteiger partial charge is 0.311 e. The van der Waals surface area contributed by atoms with Gasteiger partial charge < -0.3 is 9.64 Å². The normalized spacial score (nSPS) is 20.0. The van der Waals surface area contributed by atoms with Gasteiger partial charge in [0.15, 0.2) is 0 Å². The average Bonchev–Trinajstić information content (AvgIpc) is 3.07. The zero-order valence-electron chi connectivity index (χ0n) is 13.2. The van der Waals surface area contributed by atoms with Crippen LogP contribution in [0, 0.1) is 11.7 Å². The molecule has 2 atom stereocenters. The molecule has 1 fully saturated rings. The molecule has 6 heteroatoms. The Bertz CT molecular complexity index is 734. The van der Waals surface area contributed by atoms with Crippen LogP contribution in [0.5, 0.6) is 0 Å². The van der Waals surface area contributed by atoms with Crippen molar-refractivity contribution < 1.29 is 18.7 Å². The van der Waals surface area contributed by atoms with E-state index in [0.717, 1.165) is 5.56 Å². The maximum absolute atomic E-state index is 13.2. The monoisotopic (exact) mass is 328 g/mol. The summed E-state index contributed by atoms with van der Waals surface area (Å²) in [5, 5.41) is 0. The molecule has 1 aliphatic rings. The van der Waals surface area contributed by atoms with Crippen molar-refractivity contribution in [2.24, 2.45) is 5.92 Å². The van der Waals surface area contributed by atoms with Crippen molar-refractivity contribution in [1.82, 2.24) is 9.88 Å². The summed E-state index contributed by atoms with van der Waals surface area (Å²) in [4.78, 5) is 30.3. The summed E-state index contributed by atoms with van der Waals surface area (Å²) in [6.45, 7) is 0.640. The minimum Gasteiger partial charge on any atom is -0.469 e. The third kappa shape index (κ3) is 3.13. The third-order valence-corrected chi connectivity index (χ3v) is 4.32. The summed E-state index contributed by atoms with van der Waals surface area (Å²) < 4.78 is 18.0. The van der Waals surface area contributed by atoms with E-state index >= 15 is 0 Å². The number of benzene rings is 1. The SMILES string of the molecule is COC(=O)[C@H]1CN(C(=O)c2cccnc2)C[C@@H]1c1ccc(F)cc1. The number of aromatic nitrogens is 1. The maximum Gasteiger partial charge on any atom is 0.311 e. The highest BCUT2D eigenvalue weighted by Crippen LogP contribution is 2.34. The number of hydrogen-bond acceptors (Lipinski definition) is 4. The predicted octanol–water partition coefficient (Wildman–Crippen LogP) is 2.25. The molecule has 0 unspecified atom stereocenters. The summed E-state index contributed by atoms with van der Waals surface area (Å²) in [6.07, 6.45) is 3.10. The molecule has 1 aromatic carbocycles. The summed E-state index contributed by atoms with van der Waals surface area (Å²) in [5.41, 5.74) is 1.29. The first-order valence-electron chi connectivity index (χ1n) is 7.62. The molecule has 1 amide bonds. The topological polar surface area (TPSA) is 59.5 Å². The van der Waals surface area contributed by atoms with Crippen molar-refractivity contribution in [3.05, 3.63) is 65.7 Å². The van der Waals surface area contributed by atoms with E-state index in [1.807, 2.05) is 0 Å². The molecular weight excluding hydrogens is 311 g/mol. The number of likely N-dealkylation sites (tertiary alicyclic amines) is 1. The molecule has 0 radical (unpaired) electrons. The Morgan fingerprint density at radius 2 is 1.96 bits per heavy atom. The molecule has 24 heavy (non-hydrogen) atoms. The van der Waals surface area contributed by atoms with Crippen LogP contribution in [0.15, 0.2) is 48.8 Å². The van der Waals surface area contributed by atoms with Gasteiger partial charge >= 0.3 is 5.97 Å². The fourth-order valence-electron chi connectivity index (χ4n) is 3.08. The predicted molar refractivity (Wildman–Crippen MR) is 84.8 cm³/mol. The minimum atomic E-state index is -0.471. The Balaban J connectivity index is 1.86. The molecule has 0 saturated carbocycles. The number of carbonyl (C=O) groups excluding carboxylic acids is 2. The lowest BCUT2D eigenvalue weighted by molar-refractivity contribution is -0.145. The molecule has 1 aliphatic heterocycles. The summed E-state index contributed by atoms with van der Waals surface area (Å²) in [5.74, 6) is -1.58. The number of methoxy groups -OCH3 is 1. The van der Waals surface area contributed by atoms with Crippen LogP contribution in [0.2, 0.25) is 0 Å². The molecule has 5 nitrogen and oxygen atoms in total. The number of ether oxygens (including phenoxy) is 1. The van der Waals surface area contributed by atoms with Gasteiger partial charge in [-0.15, -0.1) is 0 Å². The highest BCUT2D eigenvalue weighted by Gasteiger charge is 2.41. The highest BCUT2D eigenvalue weighted by atomic mass is 19.1. The Labute approximate surface area is 139 Å². The maximum atomic E-state index is 13.2. The van der Waals surface area contributed by atoms with Gasteiger partial charge in [-0.2, -0.15) is 0 Å². The molecule has 0 bridgehead atoms. The minimum absolute atomic E-state index is 0.179. The number of nitrogens with zero attached hydrogens (tertiary/aromatic N) is 2. The van der Waals surface area contributed by atoms with Crippen LogP contribution in [0.1, 0.15) is 21.8 Å². The van der Waals surface area contributed by atoms with E-state index in [-0.39, 0.29) is 30.2 Å². The molecule has 0 aliphatic carbocycles. The standard InChI is InChI=1S/C18H17FN2O3/c1-24-18(23)16-11-21(17(22)13-3-2-8-20-9-13)10-15(16)12-4-6-14(19)7-5-12/h2-9,15-16H,10-11H2,1H3/t15-,16+/m1/s1. The molecule has 2 heterocycles. The fraction of sp³-hybridized carbons (Fsp3) is 0.278. The molecule has 0 spiro atoms. The molecule has 124 valence electrons. The Morgan fingerprint density at radius 3 is 2.58 bits per heavy atom. The van der Waals surface area contributed by atoms with Gasteiger partial charge in [0, 0.05) is 31.4 Å². The van der Waals surface area contributed by atoms with Crippen LogP contribution in [-0.2, 0) is 9.53 Å². The molecule has 2 aromatic rings. The second kappa shape index (κ2) is 6.78. The first-order valence-corrected chi connectivity index (χ1v) is 7.62. The van der Waals surface area contributed by atoms with Crippen LogP contribution in [0.4, 0.5) is 4.39 Å². The summed E-state index contributed by atoms with van der Waals surface area (Å²) in [7, 11) is 1.33. The van der Waals surface area contributed by atoms with Gasteiger partial charge in [-0.05, 0) is 29.8 Å². The summed E-state index contributed by atoms with van der Waals surface area (Å²) >= 11 is 0. The van der Waals surface area contributed by atoms with E-state index in [1.54, 1.807) is 35.4 Å². The van der Waals surface area contributed by atoms with Crippen LogP contribution < -0.4 is 0 Å². The number of hydrogen-bond donors (Lipinski definition) is 0. The lowest BCUT2D eigenvalue weighted by Gasteiger charge is -2.16. The largest absolute Gasteiger partial charge is 0.469 e. The second-order valence-electron chi connectivity index (χ2n) is 5.74. The fourth-order valence-corrected chi connectivity index (χ4v) is 3.08. The molecule has 1 saturated heterocycles. The van der Waals surface area contributed by atoms with E-state index in [9.17, 15) is 14.0 Å². The highest BCUT2D eigenvalue weighted by molar-refractivity contribution is 5.94. The summed E-state index contributed by atoms with van der Waals surface area (Å²) in [6, 6.07) is 9.39. The van der Waals surface area contributed by atoms with Gasteiger partial charge in [0.25, 0.3) is 5.91 Å². The van der Waals surface area contributed by atoms with Crippen molar-refractivity contribution >= 4 is 11.9 Å². The van der Waals surface area contributed by atoms with Gasteiger partial charge in [0.1, 0.15) is 5.82 Å². The van der Waals surface area contributed by atoms with Crippen molar-refractivity contribution in [2.75, 3.05) is 20.2 Å². The quantitative estimate of drug-likeness (QED) is 0.811. The van der Waals surface area contributed by atoms with E-state index in [2.05, 4.69) is 4.98 Å². The zero-order valence-corrected chi connectivity index (χ0v) is 13.2. The molecule has 0 N–H and O–H groups in total. The number of halogens is 1. The van der Waals surface area contributed by atoms with Crippen molar-refractivity contribution in [3.8, 4) is 0 Å². The second-order valence-corrected chi connectivity index (χ2v) is 5.74. The van der Waals surface area contributed by atoms with Gasteiger partial charge in [0.2, 0.25) is 0 Å². The van der Waals surface area contributed by atoms with Crippen LogP contribution in [-0.4, -0.2) is 42.0 Å². The van der Waals surface area contributed by atoms with Crippen molar-refractivity contribution in [3.63, 3.8) is 0 Å². The zero-order chi connectivity index (χ0) is 17.1.